The average Bonchev–Trinajstić information content (AvgIpc) is 0.614. The van der Waals surface area contributed by atoms with Gasteiger partial charge in [0.2, 0.25) is 0 Å². The largest absolute Gasteiger partial charge is 0.121 e. The van der Waals surface area contributed by atoms with Crippen molar-refractivity contribution < 1.29 is 0 Å². The molecule has 0 N–H and O–H groups in total. The first kappa shape index (κ1) is 72.7. The highest BCUT2D eigenvalue weighted by atomic mass is 30.1. The molecule has 0 atom stereocenters. The summed E-state index contributed by atoms with van der Waals surface area (Å²) < 4.78 is 0. The summed E-state index contributed by atoms with van der Waals surface area (Å²) in [5.74, 6) is 0. The maximum Gasteiger partial charge on any atom is 0.121 e. The summed E-state index contributed by atoms with van der Waals surface area (Å²) in [6.45, 7) is 11.5. The summed E-state index contributed by atoms with van der Waals surface area (Å²) in [6.07, 6.45) is 0. The molecular formula is C100H92Si9. The van der Waals surface area contributed by atoms with Crippen molar-refractivity contribution in [3.8, 4) is 0 Å². The molecule has 0 aliphatic heterocycles. The van der Waals surface area contributed by atoms with Gasteiger partial charge in [-0.15, -0.1) is 0 Å². The lowest BCUT2D eigenvalue weighted by Crippen LogP contribution is -3.19. The van der Waals surface area contributed by atoms with Gasteiger partial charge in [-0.25, -0.2) is 0 Å². The Labute approximate surface area is 653 Å². The summed E-state index contributed by atoms with van der Waals surface area (Å²) in [5, 5.41) is 24.0. The third-order valence-electron chi connectivity index (χ3n) is 25.1. The fourth-order valence-corrected chi connectivity index (χ4v) is 287. The molecule has 0 aliphatic carbocycles. The Bertz CT molecular complexity index is 4970. The normalized spacial score (nSPS) is 12.6. The van der Waals surface area contributed by atoms with Gasteiger partial charge in [-0.1, -0.05) is 594 Å². The molecule has 9 heteroatoms. The van der Waals surface area contributed by atoms with Crippen LogP contribution in [0.3, 0.4) is 0 Å². The molecule has 0 bridgehead atoms. The lowest BCUT2D eigenvalue weighted by molar-refractivity contribution is 1.67. The van der Waals surface area contributed by atoms with E-state index in [2.05, 4.69) is 511 Å². The van der Waals surface area contributed by atoms with Crippen LogP contribution < -0.4 is 83.0 Å². The third kappa shape index (κ3) is 10.9. The Hall–Kier alpha value is -10.5. The number of rotatable bonds is 24. The molecular weight excluding hydrogens is 1450 g/mol. The molecule has 0 saturated carbocycles. The molecule has 0 heterocycles. The summed E-state index contributed by atoms with van der Waals surface area (Å²) in [7, 11) is -37.2. The highest BCUT2D eigenvalue weighted by Gasteiger charge is 2.90. The van der Waals surface area contributed by atoms with Crippen molar-refractivity contribution >= 4 is 148 Å². The van der Waals surface area contributed by atoms with Crippen LogP contribution in [0.4, 0.5) is 0 Å². The van der Waals surface area contributed by atoms with Crippen LogP contribution in [-0.2, 0) is 0 Å². The molecule has 16 aromatic carbocycles. The highest BCUT2D eigenvalue weighted by Crippen LogP contribution is 2.48. The topological polar surface area (TPSA) is 0 Å². The first-order valence-corrected chi connectivity index (χ1v) is 66.6. The van der Waals surface area contributed by atoms with Gasteiger partial charge in [-0.3, -0.25) is 0 Å². The van der Waals surface area contributed by atoms with Crippen LogP contribution in [0.5, 0.6) is 0 Å². The molecule has 16 rings (SSSR count). The summed E-state index contributed by atoms with van der Waals surface area (Å²) in [5.41, 5.74) is 0. The van der Waals surface area contributed by atoms with Crippen LogP contribution >= 0.6 is 0 Å². The molecule has 109 heavy (non-hydrogen) atoms. The second-order valence-corrected chi connectivity index (χ2v) is 106. The van der Waals surface area contributed by atoms with E-state index in [0.717, 1.165) is 0 Å². The van der Waals surface area contributed by atoms with Gasteiger partial charge in [-0.05, 0) is 0 Å². The maximum absolute atomic E-state index is 4.67. The fraction of sp³-hybridized carbons (Fsp3) is 0.0400. The first-order valence-electron chi connectivity index (χ1n) is 38.6. The minimum atomic E-state index is -4.67. The van der Waals surface area contributed by atoms with Crippen LogP contribution in [0.2, 0.25) is 26.2 Å². The minimum Gasteiger partial charge on any atom is -0.0670 e. The van der Waals surface area contributed by atoms with E-state index in [-0.39, 0.29) is 0 Å². The van der Waals surface area contributed by atoms with Crippen molar-refractivity contribution in [2.45, 2.75) is 26.2 Å². The van der Waals surface area contributed by atoms with Crippen molar-refractivity contribution in [2.75, 3.05) is 0 Å². The molecule has 0 spiro atoms. The highest BCUT2D eigenvalue weighted by molar-refractivity contribution is 8.20. The van der Waals surface area contributed by atoms with Crippen LogP contribution in [0.25, 0.3) is 0 Å². The number of hydrogen-bond acceptors (Lipinski definition) is 0. The van der Waals surface area contributed by atoms with E-state index in [4.69, 9.17) is 0 Å². The molecule has 0 fully saturated rings. The van der Waals surface area contributed by atoms with E-state index >= 15 is 0 Å². The number of hydrogen-bond donors (Lipinski definition) is 0. The van der Waals surface area contributed by atoms with Gasteiger partial charge in [-0.2, -0.15) is 0 Å². The number of benzene rings is 16. The van der Waals surface area contributed by atoms with E-state index in [1.54, 1.807) is 0 Å². The second-order valence-electron chi connectivity index (χ2n) is 30.4. The van der Waals surface area contributed by atoms with E-state index in [9.17, 15) is 0 Å². The van der Waals surface area contributed by atoms with Gasteiger partial charge in [0.05, 0.1) is 15.2 Å². The lowest BCUT2D eigenvalue weighted by atomic mass is 10.4. The Morgan fingerprint density at radius 2 is 0.165 bits per heavy atom. The van der Waals surface area contributed by atoms with Crippen molar-refractivity contribution in [2.24, 2.45) is 0 Å². The summed E-state index contributed by atoms with van der Waals surface area (Å²) in [6, 6.07) is 203. The second kappa shape index (κ2) is 30.9. The van der Waals surface area contributed by atoms with Gasteiger partial charge in [0, 0.05) is 0 Å². The molecule has 0 unspecified atom stereocenters. The predicted octanol–water partition coefficient (Wildman–Crippen LogP) is 12.7. The molecule has 0 aliphatic rings. The zero-order chi connectivity index (χ0) is 74.3. The Kier molecular flexibility index (Phi) is 20.6. The maximum atomic E-state index is 2.88. The first-order chi connectivity index (χ1) is 53.7. The van der Waals surface area contributed by atoms with Crippen LogP contribution in [0.15, 0.2) is 485 Å². The minimum absolute atomic E-state index is 1.48. The molecule has 0 saturated heterocycles. The molecule has 528 valence electrons. The molecule has 0 radical (unpaired) electrons. The Balaban J connectivity index is 1.40. The van der Waals surface area contributed by atoms with E-state index in [1.165, 1.54) is 83.0 Å². The van der Waals surface area contributed by atoms with Crippen LogP contribution in [0, 0.1) is 0 Å². The molecule has 0 nitrogen and oxygen atoms in total. The van der Waals surface area contributed by atoms with E-state index in [0.29, 0.717) is 0 Å². The van der Waals surface area contributed by atoms with Crippen molar-refractivity contribution in [1.29, 1.82) is 0 Å². The predicted molar refractivity (Wildman–Crippen MR) is 492 cm³/mol. The van der Waals surface area contributed by atoms with Crippen LogP contribution in [0.1, 0.15) is 0 Å². The third-order valence-corrected chi connectivity index (χ3v) is 179. The Morgan fingerprint density at radius 1 is 0.0917 bits per heavy atom. The van der Waals surface area contributed by atoms with Gasteiger partial charge < -0.3 is 0 Å². The SMILES string of the molecule is C[Si](C)(c1ccccc1)[Si](c1ccccc1)(c1ccccc1)[Si](c1ccccc1)(c1ccccc1)[Si](c1ccccc1)(c1ccccc1)[Si](c1ccccc1)(c1ccccc1)[Si](c1ccccc1)(c1ccccc1)[Si](c1ccccc1)(c1ccccc1)[Si](c1ccccc1)(c1ccccc1)[Si](C)(C)c1ccccc1. The van der Waals surface area contributed by atoms with E-state index in [1.807, 2.05) is 0 Å². The Morgan fingerprint density at radius 3 is 0.266 bits per heavy atom. The standard InChI is InChI=1S/C100H92Si9/c1-101(2,85-53-21-5-22-54-85)103(87-57-25-7-26-58-87,88-59-27-8-28-60-88)105(91-65-33-11-34-66-91,92-67-35-12-36-68-92)107(95-73-41-15-42-74-95,96-75-43-16-44-76-96)109(99-81-49-19-50-82-99,100-83-51-20-52-84-100)108(97-77-45-17-46-78-97,98-79-47-18-48-80-98)106(93-69-37-13-38-70-93,94-71-39-14-40-72-94)104(89-61-29-9-30-62-89,90-63-31-10-32-64-90)102(3,4)86-55-23-6-24-56-86/h5-84H,1-4H3. The van der Waals surface area contributed by atoms with E-state index < -0.39 is 64.9 Å². The quantitative estimate of drug-likeness (QED) is 0.0529. The monoisotopic (exact) mass is 1540 g/mol. The van der Waals surface area contributed by atoms with Gasteiger partial charge in [0.25, 0.3) is 0 Å². The fourth-order valence-electron chi connectivity index (χ4n) is 21.9. The van der Waals surface area contributed by atoms with Crippen LogP contribution in [-0.4, -0.2) is 64.9 Å². The smallest absolute Gasteiger partial charge is 0.0670 e. The van der Waals surface area contributed by atoms with Crippen molar-refractivity contribution in [3.05, 3.63) is 485 Å². The van der Waals surface area contributed by atoms with Gasteiger partial charge in [0.1, 0.15) is 49.8 Å². The average molecular weight is 1550 g/mol. The van der Waals surface area contributed by atoms with Gasteiger partial charge in [0.15, 0.2) is 0 Å². The van der Waals surface area contributed by atoms with Crippen molar-refractivity contribution in [1.82, 2.24) is 0 Å². The lowest BCUT2D eigenvalue weighted by Gasteiger charge is -2.74. The molecule has 0 amide bonds. The van der Waals surface area contributed by atoms with Gasteiger partial charge >= 0.3 is 0 Å². The zero-order valence-corrected chi connectivity index (χ0v) is 71.7. The summed E-state index contributed by atoms with van der Waals surface area (Å²) in [4.78, 5) is 0. The molecule has 0 aromatic heterocycles. The zero-order valence-electron chi connectivity index (χ0n) is 62.7. The summed E-state index contributed by atoms with van der Waals surface area (Å²) >= 11 is 0. The van der Waals surface area contributed by atoms with Crippen molar-refractivity contribution in [3.63, 3.8) is 0 Å². The molecule has 16 aromatic rings.